The van der Waals surface area contributed by atoms with E-state index in [9.17, 15) is 0 Å². The van der Waals surface area contributed by atoms with Crippen molar-refractivity contribution in [3.63, 3.8) is 0 Å². The molecule has 5 heteroatoms. The summed E-state index contributed by atoms with van der Waals surface area (Å²) in [6, 6.07) is 24.4. The van der Waals surface area contributed by atoms with Crippen LogP contribution in [0.1, 0.15) is 16.7 Å². The molecule has 0 heterocycles. The Morgan fingerprint density at radius 1 is 0.852 bits per heavy atom. The molecule has 0 aliphatic heterocycles. The maximum absolute atomic E-state index is 6.03. The standard InChI is InChI=1S/C22H22BrNO2.ClH/c1-25-21-10-7-17(8-11-21)14-24-15-19-13-20(23)9-12-22(19)26-16-18-5-3-2-4-6-18;/h2-13,24H,14-16H2,1H3;1H. The van der Waals surface area contributed by atoms with Crippen LogP contribution in [0.4, 0.5) is 0 Å². The van der Waals surface area contributed by atoms with E-state index in [2.05, 4.69) is 51.6 Å². The molecule has 0 fully saturated rings. The van der Waals surface area contributed by atoms with Crippen molar-refractivity contribution in [1.82, 2.24) is 5.32 Å². The van der Waals surface area contributed by atoms with Crippen LogP contribution in [0.25, 0.3) is 0 Å². The fourth-order valence-electron chi connectivity index (χ4n) is 2.65. The minimum atomic E-state index is 0. The Morgan fingerprint density at radius 2 is 1.59 bits per heavy atom. The van der Waals surface area contributed by atoms with Crippen molar-refractivity contribution in [1.29, 1.82) is 0 Å². The third-order valence-electron chi connectivity index (χ3n) is 4.06. The van der Waals surface area contributed by atoms with E-state index < -0.39 is 0 Å². The molecule has 0 spiro atoms. The van der Waals surface area contributed by atoms with Gasteiger partial charge in [-0.25, -0.2) is 0 Å². The third kappa shape index (κ3) is 6.58. The van der Waals surface area contributed by atoms with Gasteiger partial charge in [-0.15, -0.1) is 12.4 Å². The normalized spacial score (nSPS) is 10.1. The van der Waals surface area contributed by atoms with Crippen LogP contribution in [0, 0.1) is 0 Å². The first-order valence-corrected chi connectivity index (χ1v) is 9.33. The van der Waals surface area contributed by atoms with Crippen LogP contribution in [0.5, 0.6) is 11.5 Å². The molecule has 0 radical (unpaired) electrons. The molecule has 3 aromatic carbocycles. The van der Waals surface area contributed by atoms with Crippen LogP contribution in [-0.2, 0) is 19.7 Å². The molecule has 3 nitrogen and oxygen atoms in total. The van der Waals surface area contributed by atoms with Crippen LogP contribution in [-0.4, -0.2) is 7.11 Å². The van der Waals surface area contributed by atoms with Gasteiger partial charge in [0.25, 0.3) is 0 Å². The van der Waals surface area contributed by atoms with Crippen LogP contribution < -0.4 is 14.8 Å². The molecule has 142 valence electrons. The monoisotopic (exact) mass is 447 g/mol. The summed E-state index contributed by atoms with van der Waals surface area (Å²) in [5.41, 5.74) is 3.50. The van der Waals surface area contributed by atoms with E-state index in [1.165, 1.54) is 5.56 Å². The fourth-order valence-corrected chi connectivity index (χ4v) is 3.06. The van der Waals surface area contributed by atoms with Gasteiger partial charge in [-0.3, -0.25) is 0 Å². The quantitative estimate of drug-likeness (QED) is 0.476. The average Bonchev–Trinajstić information content (AvgIpc) is 2.69. The van der Waals surface area contributed by atoms with Crippen molar-refractivity contribution in [2.75, 3.05) is 7.11 Å². The van der Waals surface area contributed by atoms with E-state index in [0.717, 1.165) is 40.2 Å². The smallest absolute Gasteiger partial charge is 0.124 e. The molecular weight excluding hydrogens is 426 g/mol. The van der Waals surface area contributed by atoms with Gasteiger partial charge in [-0.1, -0.05) is 58.4 Å². The number of halogens is 2. The van der Waals surface area contributed by atoms with E-state index >= 15 is 0 Å². The Balaban J connectivity index is 0.00000261. The summed E-state index contributed by atoms with van der Waals surface area (Å²) in [4.78, 5) is 0. The lowest BCUT2D eigenvalue weighted by Crippen LogP contribution is -2.13. The Kier molecular flexibility index (Phi) is 8.65. The Morgan fingerprint density at radius 3 is 2.30 bits per heavy atom. The van der Waals surface area contributed by atoms with Crippen LogP contribution in [0.15, 0.2) is 77.3 Å². The van der Waals surface area contributed by atoms with E-state index in [1.807, 2.05) is 42.5 Å². The topological polar surface area (TPSA) is 30.5 Å². The second-order valence-corrected chi connectivity index (χ2v) is 6.89. The third-order valence-corrected chi connectivity index (χ3v) is 4.56. The Hall–Kier alpha value is -2.01. The van der Waals surface area contributed by atoms with E-state index in [1.54, 1.807) is 7.11 Å². The maximum atomic E-state index is 6.03. The van der Waals surface area contributed by atoms with Crippen molar-refractivity contribution in [2.24, 2.45) is 0 Å². The van der Waals surface area contributed by atoms with E-state index in [0.29, 0.717) is 6.61 Å². The van der Waals surface area contributed by atoms with Crippen molar-refractivity contribution in [3.8, 4) is 11.5 Å². The summed E-state index contributed by atoms with van der Waals surface area (Å²) in [6.45, 7) is 2.08. The van der Waals surface area contributed by atoms with Gasteiger partial charge < -0.3 is 14.8 Å². The van der Waals surface area contributed by atoms with Crippen molar-refractivity contribution in [2.45, 2.75) is 19.7 Å². The molecule has 0 amide bonds. The lowest BCUT2D eigenvalue weighted by atomic mass is 10.1. The molecule has 3 aromatic rings. The molecule has 0 saturated heterocycles. The van der Waals surface area contributed by atoms with Crippen molar-refractivity contribution in [3.05, 3.63) is 94.0 Å². The number of rotatable bonds is 8. The number of benzene rings is 3. The first-order chi connectivity index (χ1) is 12.7. The van der Waals surface area contributed by atoms with Gasteiger partial charge in [0, 0.05) is 23.1 Å². The lowest BCUT2D eigenvalue weighted by molar-refractivity contribution is 0.302. The fraction of sp³-hybridized carbons (Fsp3) is 0.182. The molecule has 0 aliphatic rings. The highest BCUT2D eigenvalue weighted by Crippen LogP contribution is 2.24. The van der Waals surface area contributed by atoms with Crippen molar-refractivity contribution >= 4 is 28.3 Å². The van der Waals surface area contributed by atoms with Crippen LogP contribution in [0.3, 0.4) is 0 Å². The predicted molar refractivity (Wildman–Crippen MR) is 116 cm³/mol. The highest BCUT2D eigenvalue weighted by Gasteiger charge is 2.06. The Bertz CT molecular complexity index is 825. The molecule has 0 atom stereocenters. The summed E-state index contributed by atoms with van der Waals surface area (Å²) in [7, 11) is 1.68. The van der Waals surface area contributed by atoms with Gasteiger partial charge in [0.1, 0.15) is 18.1 Å². The minimum Gasteiger partial charge on any atom is -0.497 e. The summed E-state index contributed by atoms with van der Waals surface area (Å²) >= 11 is 3.55. The molecule has 0 aromatic heterocycles. The van der Waals surface area contributed by atoms with Crippen molar-refractivity contribution < 1.29 is 9.47 Å². The second kappa shape index (κ2) is 11.0. The SMILES string of the molecule is COc1ccc(CNCc2cc(Br)ccc2OCc2ccccc2)cc1.Cl. The van der Waals surface area contributed by atoms with Gasteiger partial charge in [0.2, 0.25) is 0 Å². The van der Waals surface area contributed by atoms with E-state index in [4.69, 9.17) is 9.47 Å². The molecule has 0 unspecified atom stereocenters. The maximum Gasteiger partial charge on any atom is 0.124 e. The highest BCUT2D eigenvalue weighted by molar-refractivity contribution is 9.10. The van der Waals surface area contributed by atoms with E-state index in [-0.39, 0.29) is 12.4 Å². The molecule has 0 saturated carbocycles. The molecule has 3 rings (SSSR count). The Labute approximate surface area is 175 Å². The van der Waals surface area contributed by atoms with Crippen LogP contribution in [0.2, 0.25) is 0 Å². The summed E-state index contributed by atoms with van der Waals surface area (Å²) < 4.78 is 12.3. The number of ether oxygens (including phenoxy) is 2. The van der Waals surface area contributed by atoms with Crippen LogP contribution >= 0.6 is 28.3 Å². The average molecular weight is 449 g/mol. The first kappa shape index (κ1) is 21.3. The largest absolute Gasteiger partial charge is 0.497 e. The molecule has 1 N–H and O–H groups in total. The zero-order valence-corrected chi connectivity index (χ0v) is 17.6. The molecule has 27 heavy (non-hydrogen) atoms. The molecule has 0 aliphatic carbocycles. The zero-order valence-electron chi connectivity index (χ0n) is 15.2. The predicted octanol–water partition coefficient (Wildman–Crippen LogP) is 5.75. The molecular formula is C22H23BrClNO2. The highest BCUT2D eigenvalue weighted by atomic mass is 79.9. The summed E-state index contributed by atoms with van der Waals surface area (Å²) in [5, 5.41) is 3.48. The number of hydrogen-bond donors (Lipinski definition) is 1. The van der Waals surface area contributed by atoms with Gasteiger partial charge in [0.15, 0.2) is 0 Å². The second-order valence-electron chi connectivity index (χ2n) is 5.98. The van der Waals surface area contributed by atoms with Gasteiger partial charge in [-0.2, -0.15) is 0 Å². The summed E-state index contributed by atoms with van der Waals surface area (Å²) in [5.74, 6) is 1.77. The zero-order chi connectivity index (χ0) is 18.2. The summed E-state index contributed by atoms with van der Waals surface area (Å²) in [6.07, 6.45) is 0. The number of hydrogen-bond acceptors (Lipinski definition) is 3. The van der Waals surface area contributed by atoms with Gasteiger partial charge in [-0.05, 0) is 41.5 Å². The number of nitrogens with one attached hydrogen (secondary N) is 1. The molecule has 0 bridgehead atoms. The first-order valence-electron chi connectivity index (χ1n) is 8.53. The minimum absolute atomic E-state index is 0. The van der Waals surface area contributed by atoms with Gasteiger partial charge >= 0.3 is 0 Å². The van der Waals surface area contributed by atoms with Gasteiger partial charge in [0.05, 0.1) is 7.11 Å². The number of methoxy groups -OCH3 is 1. The lowest BCUT2D eigenvalue weighted by Gasteiger charge is -2.13.